The summed E-state index contributed by atoms with van der Waals surface area (Å²) in [4.78, 5) is 36.0. The van der Waals surface area contributed by atoms with E-state index in [1.165, 1.54) is 12.1 Å². The maximum absolute atomic E-state index is 12.3. The lowest BCUT2D eigenvalue weighted by molar-refractivity contribution is -0.131. The first kappa shape index (κ1) is 26.1. The average molecular weight is 499 g/mol. The number of carbonyl (C=O) groups is 3. The van der Waals surface area contributed by atoms with E-state index in [4.69, 9.17) is 42.1 Å². The molecule has 0 bridgehead atoms. The molecular formula is C22H24Cl2N2O7. The van der Waals surface area contributed by atoms with E-state index < -0.39 is 24.4 Å². The Morgan fingerprint density at radius 2 is 1.55 bits per heavy atom. The maximum atomic E-state index is 12.3. The van der Waals surface area contributed by atoms with Gasteiger partial charge in [-0.3, -0.25) is 20.4 Å². The second kappa shape index (κ2) is 13.4. The molecule has 0 aliphatic heterocycles. The molecule has 0 aliphatic carbocycles. The van der Waals surface area contributed by atoms with Crippen LogP contribution in [-0.2, 0) is 14.3 Å². The van der Waals surface area contributed by atoms with Gasteiger partial charge in [0.05, 0.1) is 23.8 Å². The minimum Gasteiger partial charge on any atom is -0.490 e. The minimum atomic E-state index is -0.799. The summed E-state index contributed by atoms with van der Waals surface area (Å²) >= 11 is 12.0. The summed E-state index contributed by atoms with van der Waals surface area (Å²) < 4.78 is 21.3. The Labute approximate surface area is 201 Å². The van der Waals surface area contributed by atoms with Crippen molar-refractivity contribution in [1.29, 1.82) is 0 Å². The fourth-order valence-corrected chi connectivity index (χ4v) is 2.79. The molecule has 2 rings (SSSR count). The molecule has 0 aromatic heterocycles. The van der Waals surface area contributed by atoms with E-state index in [1.54, 1.807) is 31.2 Å². The van der Waals surface area contributed by atoms with Gasteiger partial charge in [-0.15, -0.1) is 0 Å². The first-order valence-electron chi connectivity index (χ1n) is 10.1. The summed E-state index contributed by atoms with van der Waals surface area (Å²) in [6, 6.07) is 9.21. The molecule has 0 atom stereocenters. The fraction of sp³-hybridized carbons (Fsp3) is 0.318. The predicted molar refractivity (Wildman–Crippen MR) is 122 cm³/mol. The van der Waals surface area contributed by atoms with Gasteiger partial charge in [-0.2, -0.15) is 0 Å². The summed E-state index contributed by atoms with van der Waals surface area (Å²) in [6.07, 6.45) is 0.768. The van der Waals surface area contributed by atoms with Crippen LogP contribution in [0.3, 0.4) is 0 Å². The number of hydrogen-bond acceptors (Lipinski definition) is 7. The first-order chi connectivity index (χ1) is 15.8. The number of halogens is 2. The molecule has 33 heavy (non-hydrogen) atoms. The Kier molecular flexibility index (Phi) is 10.6. The van der Waals surface area contributed by atoms with Crippen molar-refractivity contribution in [2.24, 2.45) is 0 Å². The number of carbonyl (C=O) groups excluding carboxylic acids is 3. The van der Waals surface area contributed by atoms with Crippen molar-refractivity contribution >= 4 is 41.0 Å². The number of amides is 2. The van der Waals surface area contributed by atoms with E-state index in [9.17, 15) is 14.4 Å². The van der Waals surface area contributed by atoms with Crippen molar-refractivity contribution in [1.82, 2.24) is 10.9 Å². The largest absolute Gasteiger partial charge is 0.490 e. The van der Waals surface area contributed by atoms with Gasteiger partial charge < -0.3 is 18.9 Å². The topological polar surface area (TPSA) is 112 Å². The zero-order valence-electron chi connectivity index (χ0n) is 18.1. The van der Waals surface area contributed by atoms with E-state index in [-0.39, 0.29) is 17.2 Å². The zero-order chi connectivity index (χ0) is 24.2. The van der Waals surface area contributed by atoms with Crippen LogP contribution < -0.4 is 25.1 Å². The number of nitrogens with one attached hydrogen (secondary N) is 2. The second-order valence-corrected chi connectivity index (χ2v) is 7.33. The standard InChI is InChI=1S/C22H24Cl2N2O7/c1-3-9-31-21-17(24)10-14(11-18(21)30-4-2)22(29)33-13-20(28)26-25-19(27)12-32-16-7-5-15(23)6-8-16/h5-8,10-11H,3-4,9,12-13H2,1-2H3,(H,25,27)(H,26,28). The summed E-state index contributed by atoms with van der Waals surface area (Å²) in [6.45, 7) is 3.52. The highest BCUT2D eigenvalue weighted by Crippen LogP contribution is 2.37. The van der Waals surface area contributed by atoms with Gasteiger partial charge in [0, 0.05) is 5.02 Å². The van der Waals surface area contributed by atoms with Gasteiger partial charge >= 0.3 is 5.97 Å². The second-order valence-electron chi connectivity index (χ2n) is 6.48. The molecule has 0 spiro atoms. The lowest BCUT2D eigenvalue weighted by atomic mass is 10.2. The number of esters is 1. The Bertz CT molecular complexity index is 968. The molecule has 0 saturated carbocycles. The Balaban J connectivity index is 1.82. The Morgan fingerprint density at radius 1 is 0.879 bits per heavy atom. The molecular weight excluding hydrogens is 475 g/mol. The van der Waals surface area contributed by atoms with Gasteiger partial charge in [-0.1, -0.05) is 30.1 Å². The summed E-state index contributed by atoms with van der Waals surface area (Å²) in [5.74, 6) is -1.10. The first-order valence-corrected chi connectivity index (χ1v) is 10.8. The Hall–Kier alpha value is -3.17. The fourth-order valence-electron chi connectivity index (χ4n) is 2.40. The van der Waals surface area contributed by atoms with E-state index in [1.807, 2.05) is 6.92 Å². The molecule has 0 unspecified atom stereocenters. The molecule has 0 aliphatic rings. The third-order valence-electron chi connectivity index (χ3n) is 3.85. The number of hydrazine groups is 1. The molecule has 2 N–H and O–H groups in total. The third-order valence-corrected chi connectivity index (χ3v) is 4.39. The SMILES string of the molecule is CCCOc1c(Cl)cc(C(=O)OCC(=O)NNC(=O)COc2ccc(Cl)cc2)cc1OCC. The van der Waals surface area contributed by atoms with Gasteiger partial charge in [0.1, 0.15) is 5.75 Å². The summed E-state index contributed by atoms with van der Waals surface area (Å²) in [5, 5.41) is 0.713. The highest BCUT2D eigenvalue weighted by molar-refractivity contribution is 6.32. The van der Waals surface area contributed by atoms with Gasteiger partial charge in [-0.05, 0) is 49.7 Å². The van der Waals surface area contributed by atoms with E-state index in [0.717, 1.165) is 6.42 Å². The van der Waals surface area contributed by atoms with Crippen LogP contribution in [-0.4, -0.2) is 44.2 Å². The average Bonchev–Trinajstić information content (AvgIpc) is 2.80. The zero-order valence-corrected chi connectivity index (χ0v) is 19.6. The van der Waals surface area contributed by atoms with E-state index in [0.29, 0.717) is 35.5 Å². The van der Waals surface area contributed by atoms with E-state index >= 15 is 0 Å². The van der Waals surface area contributed by atoms with Crippen molar-refractivity contribution < 1.29 is 33.3 Å². The highest BCUT2D eigenvalue weighted by Gasteiger charge is 2.18. The number of benzene rings is 2. The van der Waals surface area contributed by atoms with Crippen molar-refractivity contribution in [2.75, 3.05) is 26.4 Å². The van der Waals surface area contributed by atoms with Gasteiger partial charge in [-0.25, -0.2) is 4.79 Å². The van der Waals surface area contributed by atoms with Crippen LogP contribution in [0.4, 0.5) is 0 Å². The van der Waals surface area contributed by atoms with E-state index in [2.05, 4.69) is 10.9 Å². The van der Waals surface area contributed by atoms with Crippen LogP contribution in [0.25, 0.3) is 0 Å². The highest BCUT2D eigenvalue weighted by atomic mass is 35.5. The van der Waals surface area contributed by atoms with Crippen LogP contribution in [0.1, 0.15) is 30.6 Å². The normalized spacial score (nSPS) is 10.2. The maximum Gasteiger partial charge on any atom is 0.338 e. The molecule has 11 heteroatoms. The Morgan fingerprint density at radius 3 is 2.18 bits per heavy atom. The molecule has 2 aromatic rings. The predicted octanol–water partition coefficient (Wildman–Crippen LogP) is 3.56. The molecule has 178 valence electrons. The molecule has 0 radical (unpaired) electrons. The van der Waals surface area contributed by atoms with Gasteiger partial charge in [0.15, 0.2) is 24.7 Å². The molecule has 0 heterocycles. The van der Waals surface area contributed by atoms with Crippen molar-refractivity contribution in [2.45, 2.75) is 20.3 Å². The molecule has 0 saturated heterocycles. The van der Waals surface area contributed by atoms with Gasteiger partial charge in [0.2, 0.25) is 0 Å². The van der Waals surface area contributed by atoms with Crippen molar-refractivity contribution in [3.63, 3.8) is 0 Å². The minimum absolute atomic E-state index is 0.0838. The van der Waals surface area contributed by atoms with Crippen LogP contribution in [0.2, 0.25) is 10.0 Å². The molecule has 9 nitrogen and oxygen atoms in total. The van der Waals surface area contributed by atoms with Crippen molar-refractivity contribution in [3.05, 3.63) is 52.0 Å². The number of rotatable bonds is 11. The third kappa shape index (κ3) is 8.70. The monoisotopic (exact) mass is 498 g/mol. The molecule has 2 amide bonds. The summed E-state index contributed by atoms with van der Waals surface area (Å²) in [5.41, 5.74) is 4.36. The van der Waals surface area contributed by atoms with Crippen LogP contribution >= 0.6 is 23.2 Å². The van der Waals surface area contributed by atoms with Crippen LogP contribution in [0, 0.1) is 0 Å². The summed E-state index contributed by atoms with van der Waals surface area (Å²) in [7, 11) is 0. The quantitative estimate of drug-likeness (QED) is 0.359. The van der Waals surface area contributed by atoms with Gasteiger partial charge in [0.25, 0.3) is 11.8 Å². The molecule has 0 fully saturated rings. The number of ether oxygens (including phenoxy) is 4. The smallest absolute Gasteiger partial charge is 0.338 e. The van der Waals surface area contributed by atoms with Crippen molar-refractivity contribution in [3.8, 4) is 17.2 Å². The van der Waals surface area contributed by atoms with Crippen LogP contribution in [0.5, 0.6) is 17.2 Å². The lowest BCUT2D eigenvalue weighted by Gasteiger charge is -2.14. The van der Waals surface area contributed by atoms with Crippen LogP contribution in [0.15, 0.2) is 36.4 Å². The lowest BCUT2D eigenvalue weighted by Crippen LogP contribution is -2.45. The molecule has 2 aromatic carbocycles. The number of hydrogen-bond donors (Lipinski definition) is 2.